The fraction of sp³-hybridized carbons (Fsp3) is 0.200. The summed E-state index contributed by atoms with van der Waals surface area (Å²) in [6, 6.07) is 3.64. The summed E-state index contributed by atoms with van der Waals surface area (Å²) >= 11 is 4.96. The van der Waals surface area contributed by atoms with Gasteiger partial charge in [-0.25, -0.2) is 0 Å². The van der Waals surface area contributed by atoms with Crippen molar-refractivity contribution in [3.05, 3.63) is 36.8 Å². The molecule has 0 aromatic carbocycles. The van der Waals surface area contributed by atoms with Crippen molar-refractivity contribution in [2.75, 3.05) is 6.54 Å². The van der Waals surface area contributed by atoms with E-state index in [9.17, 15) is 0 Å². The summed E-state index contributed by atoms with van der Waals surface area (Å²) in [4.78, 5) is 0. The number of nitrogens with zero attached hydrogens (tertiary/aromatic N) is 1. The highest BCUT2D eigenvalue weighted by Crippen LogP contribution is 2.00. The van der Waals surface area contributed by atoms with Gasteiger partial charge in [-0.05, 0) is 31.3 Å². The first-order valence-corrected chi connectivity index (χ1v) is 4.87. The maximum absolute atomic E-state index is 5.16. The number of hydrogen-bond donors (Lipinski definition) is 2. The lowest BCUT2D eigenvalue weighted by atomic mass is 10.3. The molecule has 4 nitrogen and oxygen atoms in total. The summed E-state index contributed by atoms with van der Waals surface area (Å²) in [6.07, 6.45) is 3.32. The van der Waals surface area contributed by atoms with Crippen molar-refractivity contribution in [1.82, 2.24) is 10.7 Å². The van der Waals surface area contributed by atoms with E-state index >= 15 is 0 Å². The Bertz CT molecular complexity index is 357. The highest BCUT2D eigenvalue weighted by Gasteiger charge is 1.99. The lowest BCUT2D eigenvalue weighted by molar-refractivity contribution is 0.556. The standard InChI is InChI=1S/C10H13N3OS/c1-3-6-11-10(15)13-12-8(2)9-5-4-7-14-9/h3-5,7H,1,6H2,2H3,(H2,11,13,15)/b12-8-. The van der Waals surface area contributed by atoms with Gasteiger partial charge in [0.05, 0.1) is 6.26 Å². The van der Waals surface area contributed by atoms with Crippen LogP contribution in [-0.4, -0.2) is 17.4 Å². The van der Waals surface area contributed by atoms with E-state index in [4.69, 9.17) is 16.6 Å². The predicted octanol–water partition coefficient (Wildman–Crippen LogP) is 1.65. The van der Waals surface area contributed by atoms with Gasteiger partial charge in [-0.2, -0.15) is 5.10 Å². The van der Waals surface area contributed by atoms with Gasteiger partial charge in [-0.1, -0.05) is 6.08 Å². The fourth-order valence-electron chi connectivity index (χ4n) is 0.879. The summed E-state index contributed by atoms with van der Waals surface area (Å²) in [7, 11) is 0. The minimum absolute atomic E-state index is 0.459. The molecule has 2 N–H and O–H groups in total. The second kappa shape index (κ2) is 5.98. The summed E-state index contributed by atoms with van der Waals surface area (Å²) in [5.41, 5.74) is 3.44. The van der Waals surface area contributed by atoms with Crippen LogP contribution in [0.2, 0.25) is 0 Å². The Morgan fingerprint density at radius 1 is 1.73 bits per heavy atom. The van der Waals surface area contributed by atoms with Gasteiger partial charge >= 0.3 is 0 Å². The number of hydrogen-bond acceptors (Lipinski definition) is 3. The molecule has 0 atom stereocenters. The van der Waals surface area contributed by atoms with E-state index in [0.717, 1.165) is 5.71 Å². The van der Waals surface area contributed by atoms with Gasteiger partial charge in [0.2, 0.25) is 0 Å². The number of hydrazone groups is 1. The highest BCUT2D eigenvalue weighted by atomic mass is 32.1. The molecule has 0 fully saturated rings. The Hall–Kier alpha value is -1.62. The van der Waals surface area contributed by atoms with Crippen LogP contribution in [0.25, 0.3) is 0 Å². The molecule has 1 rings (SSSR count). The molecular weight excluding hydrogens is 210 g/mol. The van der Waals surface area contributed by atoms with E-state index in [0.29, 0.717) is 17.4 Å². The van der Waals surface area contributed by atoms with Crippen molar-refractivity contribution in [2.45, 2.75) is 6.92 Å². The molecule has 0 aliphatic rings. The lowest BCUT2D eigenvalue weighted by Gasteiger charge is -2.04. The third-order valence-electron chi connectivity index (χ3n) is 1.61. The van der Waals surface area contributed by atoms with Crippen LogP contribution in [0.5, 0.6) is 0 Å². The number of nitrogens with one attached hydrogen (secondary N) is 2. The highest BCUT2D eigenvalue weighted by molar-refractivity contribution is 7.80. The van der Waals surface area contributed by atoms with Crippen LogP contribution in [0.3, 0.4) is 0 Å². The molecule has 0 saturated carbocycles. The molecule has 0 amide bonds. The molecule has 15 heavy (non-hydrogen) atoms. The molecule has 0 radical (unpaired) electrons. The summed E-state index contributed by atoms with van der Waals surface area (Å²) in [6.45, 7) is 6.02. The average Bonchev–Trinajstić information content (AvgIpc) is 2.76. The van der Waals surface area contributed by atoms with Crippen LogP contribution in [0.1, 0.15) is 12.7 Å². The topological polar surface area (TPSA) is 49.6 Å². The molecule has 1 aromatic rings. The first-order chi connectivity index (χ1) is 7.24. The fourth-order valence-corrected chi connectivity index (χ4v) is 1.01. The number of furan rings is 1. The molecule has 0 aliphatic carbocycles. The average molecular weight is 223 g/mol. The van der Waals surface area contributed by atoms with E-state index in [2.05, 4.69) is 22.4 Å². The van der Waals surface area contributed by atoms with Crippen LogP contribution in [0.4, 0.5) is 0 Å². The zero-order valence-corrected chi connectivity index (χ0v) is 9.30. The second-order valence-corrected chi connectivity index (χ2v) is 3.19. The van der Waals surface area contributed by atoms with Gasteiger partial charge in [-0.15, -0.1) is 6.58 Å². The van der Waals surface area contributed by atoms with Crippen LogP contribution in [0.15, 0.2) is 40.6 Å². The summed E-state index contributed by atoms with van der Waals surface area (Å²) in [5.74, 6) is 0.717. The largest absolute Gasteiger partial charge is 0.463 e. The first kappa shape index (κ1) is 11.5. The van der Waals surface area contributed by atoms with Gasteiger partial charge in [-0.3, -0.25) is 5.43 Å². The maximum atomic E-state index is 5.16. The van der Waals surface area contributed by atoms with Gasteiger partial charge in [0.15, 0.2) is 5.11 Å². The number of rotatable bonds is 4. The van der Waals surface area contributed by atoms with Crippen LogP contribution in [-0.2, 0) is 0 Å². The third kappa shape index (κ3) is 3.95. The molecule has 0 unspecified atom stereocenters. The quantitative estimate of drug-likeness (QED) is 0.353. The van der Waals surface area contributed by atoms with E-state index < -0.39 is 0 Å². The van der Waals surface area contributed by atoms with E-state index in [1.54, 1.807) is 12.3 Å². The Labute approximate surface area is 94.0 Å². The van der Waals surface area contributed by atoms with Crippen molar-refractivity contribution in [1.29, 1.82) is 0 Å². The monoisotopic (exact) mass is 223 g/mol. The second-order valence-electron chi connectivity index (χ2n) is 2.79. The Morgan fingerprint density at radius 3 is 3.13 bits per heavy atom. The van der Waals surface area contributed by atoms with E-state index in [-0.39, 0.29) is 0 Å². The van der Waals surface area contributed by atoms with Gasteiger partial charge in [0, 0.05) is 6.54 Å². The molecule has 0 aliphatic heterocycles. The summed E-state index contributed by atoms with van der Waals surface area (Å²) < 4.78 is 5.16. The van der Waals surface area contributed by atoms with Gasteiger partial charge in [0.1, 0.15) is 11.5 Å². The SMILES string of the molecule is C=CCNC(=S)N/N=C(/C)c1ccco1. The zero-order valence-electron chi connectivity index (χ0n) is 8.49. The number of thiocarbonyl (C=S) groups is 1. The van der Waals surface area contributed by atoms with Crippen LogP contribution in [0, 0.1) is 0 Å². The third-order valence-corrected chi connectivity index (χ3v) is 1.85. The lowest BCUT2D eigenvalue weighted by Crippen LogP contribution is -2.32. The van der Waals surface area contributed by atoms with Crippen molar-refractivity contribution in [3.8, 4) is 0 Å². The molecular formula is C10H13N3OS. The van der Waals surface area contributed by atoms with Crippen molar-refractivity contribution < 1.29 is 4.42 Å². The van der Waals surface area contributed by atoms with Gasteiger partial charge in [0.25, 0.3) is 0 Å². The smallest absolute Gasteiger partial charge is 0.187 e. The molecule has 1 aromatic heterocycles. The Kier molecular flexibility index (Phi) is 4.56. The zero-order chi connectivity index (χ0) is 11.1. The predicted molar refractivity (Wildman–Crippen MR) is 64.9 cm³/mol. The van der Waals surface area contributed by atoms with Crippen molar-refractivity contribution >= 4 is 23.0 Å². The van der Waals surface area contributed by atoms with E-state index in [1.807, 2.05) is 19.1 Å². The van der Waals surface area contributed by atoms with Crippen molar-refractivity contribution in [2.24, 2.45) is 5.10 Å². The molecule has 80 valence electrons. The Morgan fingerprint density at radius 2 is 2.53 bits per heavy atom. The molecule has 5 heteroatoms. The minimum Gasteiger partial charge on any atom is -0.463 e. The van der Waals surface area contributed by atoms with E-state index in [1.165, 1.54) is 0 Å². The molecule has 1 heterocycles. The summed E-state index contributed by atoms with van der Waals surface area (Å²) in [5, 5.41) is 7.41. The molecule has 0 spiro atoms. The van der Waals surface area contributed by atoms with Gasteiger partial charge < -0.3 is 9.73 Å². The first-order valence-electron chi connectivity index (χ1n) is 4.47. The minimum atomic E-state index is 0.459. The Balaban J connectivity index is 2.44. The van der Waals surface area contributed by atoms with Crippen LogP contribution < -0.4 is 10.7 Å². The van der Waals surface area contributed by atoms with Crippen molar-refractivity contribution in [3.63, 3.8) is 0 Å². The van der Waals surface area contributed by atoms with Crippen LogP contribution >= 0.6 is 12.2 Å². The molecule has 0 saturated heterocycles. The normalized spacial score (nSPS) is 10.9. The maximum Gasteiger partial charge on any atom is 0.187 e. The molecule has 0 bridgehead atoms.